The Kier molecular flexibility index (Phi) is 7.82. The molecule has 1 amide bonds. The van der Waals surface area contributed by atoms with Gasteiger partial charge in [0.2, 0.25) is 15.9 Å². The van der Waals surface area contributed by atoms with Crippen LogP contribution in [-0.4, -0.2) is 43.6 Å². The summed E-state index contributed by atoms with van der Waals surface area (Å²) in [6.07, 6.45) is 1.02. The number of sulfonamides is 1. The van der Waals surface area contributed by atoms with Crippen molar-refractivity contribution in [2.24, 2.45) is 0 Å². The first-order chi connectivity index (χ1) is 17.2. The lowest BCUT2D eigenvalue weighted by atomic mass is 9.90. The molecule has 0 saturated carbocycles. The minimum Gasteiger partial charge on any atom is -0.475 e. The number of pyridine rings is 1. The van der Waals surface area contributed by atoms with Crippen molar-refractivity contribution in [2.75, 3.05) is 13.1 Å². The van der Waals surface area contributed by atoms with Crippen LogP contribution < -0.4 is 9.46 Å². The molecule has 10 heteroatoms. The number of hydrogen-bond acceptors (Lipinski definition) is 6. The molecule has 1 saturated heterocycles. The van der Waals surface area contributed by atoms with Crippen molar-refractivity contribution < 1.29 is 22.7 Å². The summed E-state index contributed by atoms with van der Waals surface area (Å²) in [5, 5.41) is 0.527. The van der Waals surface area contributed by atoms with E-state index in [0.717, 1.165) is 5.56 Å². The molecule has 3 aromatic rings. The summed E-state index contributed by atoms with van der Waals surface area (Å²) in [6, 6.07) is 19.3. The molecule has 0 radical (unpaired) electrons. The predicted octanol–water partition coefficient (Wildman–Crippen LogP) is 4.74. The standard InChI is InChI=1S/C26H28ClN3O5S/c1-19(2)35-24-13-12-23(16-28-24)36(32,33)29-26(21-8-10-22(27)11-9-21)14-15-30(18-26)25(31)34-17-20-6-4-3-5-7-20/h3-13,16,19,29H,14-15,17-18H2,1-2H3. The Morgan fingerprint density at radius 3 is 2.47 bits per heavy atom. The molecular formula is C26H28ClN3O5S. The largest absolute Gasteiger partial charge is 0.475 e. The van der Waals surface area contributed by atoms with Crippen molar-refractivity contribution in [3.8, 4) is 5.88 Å². The SMILES string of the molecule is CC(C)Oc1ccc(S(=O)(=O)NC2(c3ccc(Cl)cc3)CCN(C(=O)OCc3ccccc3)C2)cn1. The lowest BCUT2D eigenvalue weighted by Crippen LogP contribution is -2.48. The van der Waals surface area contributed by atoms with Crippen molar-refractivity contribution in [2.45, 2.75) is 43.4 Å². The molecule has 1 aliphatic rings. The first-order valence-electron chi connectivity index (χ1n) is 11.6. The van der Waals surface area contributed by atoms with Gasteiger partial charge in [-0.15, -0.1) is 0 Å². The summed E-state index contributed by atoms with van der Waals surface area (Å²) in [7, 11) is -3.99. The summed E-state index contributed by atoms with van der Waals surface area (Å²) in [5.74, 6) is 0.338. The van der Waals surface area contributed by atoms with Crippen LogP contribution >= 0.6 is 11.6 Å². The van der Waals surface area contributed by atoms with Crippen LogP contribution in [0.1, 0.15) is 31.4 Å². The molecule has 1 unspecified atom stereocenters. The van der Waals surface area contributed by atoms with Crippen LogP contribution in [0.15, 0.2) is 77.8 Å². The number of halogens is 1. The molecule has 1 N–H and O–H groups in total. The number of likely N-dealkylation sites (tertiary alicyclic amines) is 1. The zero-order valence-corrected chi connectivity index (χ0v) is 21.6. The van der Waals surface area contributed by atoms with Crippen LogP contribution in [0.4, 0.5) is 4.79 Å². The Balaban J connectivity index is 1.55. The van der Waals surface area contributed by atoms with Gasteiger partial charge in [-0.3, -0.25) is 0 Å². The number of carbonyl (C=O) groups excluding carboxylic acids is 1. The van der Waals surface area contributed by atoms with Crippen LogP contribution in [0.25, 0.3) is 0 Å². The normalized spacial score (nSPS) is 17.8. The number of aromatic nitrogens is 1. The molecule has 4 rings (SSSR count). The van der Waals surface area contributed by atoms with Gasteiger partial charge in [-0.05, 0) is 49.6 Å². The highest BCUT2D eigenvalue weighted by Gasteiger charge is 2.45. The molecular weight excluding hydrogens is 502 g/mol. The quantitative estimate of drug-likeness (QED) is 0.452. The fraction of sp³-hybridized carbons (Fsp3) is 0.308. The van der Waals surface area contributed by atoms with Crippen molar-refractivity contribution in [3.05, 3.63) is 89.1 Å². The van der Waals surface area contributed by atoms with Gasteiger partial charge in [-0.2, -0.15) is 4.72 Å². The van der Waals surface area contributed by atoms with Crippen molar-refractivity contribution in [1.29, 1.82) is 0 Å². The van der Waals surface area contributed by atoms with E-state index in [2.05, 4.69) is 9.71 Å². The Labute approximate surface area is 216 Å². The Bertz CT molecular complexity index is 1290. The van der Waals surface area contributed by atoms with Gasteiger partial charge in [0.25, 0.3) is 0 Å². The topological polar surface area (TPSA) is 97.8 Å². The van der Waals surface area contributed by atoms with Crippen molar-refractivity contribution in [1.82, 2.24) is 14.6 Å². The number of benzene rings is 2. The minimum atomic E-state index is -3.99. The molecule has 2 aromatic carbocycles. The summed E-state index contributed by atoms with van der Waals surface area (Å²) in [4.78, 5) is 18.5. The zero-order valence-electron chi connectivity index (χ0n) is 20.1. The van der Waals surface area contributed by atoms with Crippen molar-refractivity contribution in [3.63, 3.8) is 0 Å². The second-order valence-electron chi connectivity index (χ2n) is 8.90. The molecule has 1 fully saturated rings. The number of rotatable bonds is 8. The molecule has 36 heavy (non-hydrogen) atoms. The lowest BCUT2D eigenvalue weighted by Gasteiger charge is -2.31. The van der Waals surface area contributed by atoms with Gasteiger partial charge < -0.3 is 14.4 Å². The molecule has 1 aromatic heterocycles. The minimum absolute atomic E-state index is 0.00273. The predicted molar refractivity (Wildman–Crippen MR) is 136 cm³/mol. The van der Waals surface area contributed by atoms with Gasteiger partial charge in [0.1, 0.15) is 11.5 Å². The number of amides is 1. The van der Waals surface area contributed by atoms with Gasteiger partial charge in [-0.1, -0.05) is 54.1 Å². The zero-order chi connectivity index (χ0) is 25.8. The fourth-order valence-electron chi connectivity index (χ4n) is 4.08. The average molecular weight is 530 g/mol. The fourth-order valence-corrected chi connectivity index (χ4v) is 5.56. The highest BCUT2D eigenvalue weighted by Crippen LogP contribution is 2.35. The lowest BCUT2D eigenvalue weighted by molar-refractivity contribution is 0.102. The summed E-state index contributed by atoms with van der Waals surface area (Å²) in [6.45, 7) is 4.27. The van der Waals surface area contributed by atoms with Gasteiger partial charge in [0.15, 0.2) is 0 Å². The van der Waals surface area contributed by atoms with E-state index in [1.54, 1.807) is 24.3 Å². The van der Waals surface area contributed by atoms with Crippen LogP contribution in [0, 0.1) is 0 Å². The number of nitrogens with zero attached hydrogens (tertiary/aromatic N) is 2. The first kappa shape index (κ1) is 25.9. The van der Waals surface area contributed by atoms with E-state index in [0.29, 0.717) is 29.4 Å². The van der Waals surface area contributed by atoms with Crippen molar-refractivity contribution >= 4 is 27.7 Å². The molecule has 1 atom stereocenters. The van der Waals surface area contributed by atoms with E-state index in [9.17, 15) is 13.2 Å². The average Bonchev–Trinajstić information content (AvgIpc) is 3.28. The van der Waals surface area contributed by atoms with Crippen LogP contribution in [-0.2, 0) is 26.9 Å². The van der Waals surface area contributed by atoms with Crippen LogP contribution in [0.2, 0.25) is 5.02 Å². The van der Waals surface area contributed by atoms with E-state index in [1.165, 1.54) is 23.2 Å². The van der Waals surface area contributed by atoms with E-state index in [4.69, 9.17) is 21.1 Å². The number of nitrogens with one attached hydrogen (secondary N) is 1. The second-order valence-corrected chi connectivity index (χ2v) is 11.0. The molecule has 0 aliphatic carbocycles. The summed E-state index contributed by atoms with van der Waals surface area (Å²) in [5.41, 5.74) is 0.496. The number of carbonyl (C=O) groups is 1. The molecule has 0 bridgehead atoms. The molecule has 0 spiro atoms. The number of hydrogen-bond donors (Lipinski definition) is 1. The second kappa shape index (κ2) is 10.9. The summed E-state index contributed by atoms with van der Waals surface area (Å²) < 4.78 is 40.6. The molecule has 190 valence electrons. The van der Waals surface area contributed by atoms with Gasteiger partial charge in [0, 0.05) is 24.2 Å². The maximum absolute atomic E-state index is 13.4. The molecule has 1 aliphatic heterocycles. The van der Waals surface area contributed by atoms with Crippen LogP contribution in [0.5, 0.6) is 5.88 Å². The third-order valence-corrected chi connectivity index (χ3v) is 7.61. The third-order valence-electron chi connectivity index (χ3n) is 5.84. The Morgan fingerprint density at radius 2 is 1.83 bits per heavy atom. The Hall–Kier alpha value is -3.14. The van der Waals surface area contributed by atoms with Gasteiger partial charge in [0.05, 0.1) is 17.8 Å². The molecule has 2 heterocycles. The van der Waals surface area contributed by atoms with E-state index in [1.807, 2.05) is 44.2 Å². The monoisotopic (exact) mass is 529 g/mol. The van der Waals surface area contributed by atoms with Gasteiger partial charge >= 0.3 is 6.09 Å². The molecule has 8 nitrogen and oxygen atoms in total. The highest BCUT2D eigenvalue weighted by atomic mass is 35.5. The van der Waals surface area contributed by atoms with E-state index in [-0.39, 0.29) is 24.2 Å². The van der Waals surface area contributed by atoms with E-state index >= 15 is 0 Å². The van der Waals surface area contributed by atoms with E-state index < -0.39 is 21.7 Å². The Morgan fingerprint density at radius 1 is 1.11 bits per heavy atom. The summed E-state index contributed by atoms with van der Waals surface area (Å²) >= 11 is 6.08. The van der Waals surface area contributed by atoms with Gasteiger partial charge in [-0.25, -0.2) is 18.2 Å². The maximum Gasteiger partial charge on any atom is 0.410 e. The first-order valence-corrected chi connectivity index (χ1v) is 13.4. The smallest absolute Gasteiger partial charge is 0.410 e. The third kappa shape index (κ3) is 6.16. The highest BCUT2D eigenvalue weighted by molar-refractivity contribution is 7.89. The van der Waals surface area contributed by atoms with Crippen LogP contribution in [0.3, 0.4) is 0 Å². The number of ether oxygens (including phenoxy) is 2. The maximum atomic E-state index is 13.4.